The molecule has 1 aliphatic carbocycles. The SMILES string of the molecule is CC(C)CCN(c1cc2c(cc1N)CC(=O)N2)C1CC1. The van der Waals surface area contributed by atoms with E-state index in [0.29, 0.717) is 18.4 Å². The lowest BCUT2D eigenvalue weighted by molar-refractivity contribution is -0.115. The lowest BCUT2D eigenvalue weighted by Crippen LogP contribution is -2.28. The van der Waals surface area contributed by atoms with E-state index in [1.807, 2.05) is 6.07 Å². The second-order valence-corrected chi connectivity index (χ2v) is 6.40. The molecule has 20 heavy (non-hydrogen) atoms. The number of rotatable bonds is 5. The molecule has 4 heteroatoms. The molecule has 1 fully saturated rings. The Balaban J connectivity index is 1.87. The summed E-state index contributed by atoms with van der Waals surface area (Å²) in [6.07, 6.45) is 4.12. The van der Waals surface area contributed by atoms with E-state index in [-0.39, 0.29) is 5.91 Å². The predicted octanol–water partition coefficient (Wildman–Crippen LogP) is 2.78. The second kappa shape index (κ2) is 5.00. The predicted molar refractivity (Wildman–Crippen MR) is 83.0 cm³/mol. The molecule has 0 aromatic heterocycles. The number of fused-ring (bicyclic) bond motifs is 1. The fraction of sp³-hybridized carbons (Fsp3) is 0.562. The first kappa shape index (κ1) is 13.3. The molecule has 2 aliphatic rings. The Labute approximate surface area is 120 Å². The number of amides is 1. The Morgan fingerprint density at radius 2 is 2.15 bits per heavy atom. The summed E-state index contributed by atoms with van der Waals surface area (Å²) >= 11 is 0. The number of nitrogens with one attached hydrogen (secondary N) is 1. The van der Waals surface area contributed by atoms with E-state index < -0.39 is 0 Å². The molecule has 1 aliphatic heterocycles. The molecule has 1 heterocycles. The average Bonchev–Trinajstić information content (AvgIpc) is 3.12. The third-order valence-corrected chi connectivity index (χ3v) is 4.12. The van der Waals surface area contributed by atoms with Crippen LogP contribution < -0.4 is 16.0 Å². The summed E-state index contributed by atoms with van der Waals surface area (Å²) in [6, 6.07) is 4.66. The Kier molecular flexibility index (Phi) is 3.32. The fourth-order valence-corrected chi connectivity index (χ4v) is 2.81. The van der Waals surface area contributed by atoms with Crippen LogP contribution in [0.2, 0.25) is 0 Å². The summed E-state index contributed by atoms with van der Waals surface area (Å²) in [6.45, 7) is 5.54. The number of carbonyl (C=O) groups is 1. The first-order valence-electron chi connectivity index (χ1n) is 7.53. The Bertz CT molecular complexity index is 535. The van der Waals surface area contributed by atoms with Gasteiger partial charge in [0.25, 0.3) is 0 Å². The van der Waals surface area contributed by atoms with Gasteiger partial charge in [-0.2, -0.15) is 0 Å². The number of nitrogen functional groups attached to an aromatic ring is 1. The lowest BCUT2D eigenvalue weighted by Gasteiger charge is -2.27. The van der Waals surface area contributed by atoms with Gasteiger partial charge in [-0.3, -0.25) is 4.79 Å². The Morgan fingerprint density at radius 3 is 2.80 bits per heavy atom. The maximum Gasteiger partial charge on any atom is 0.228 e. The van der Waals surface area contributed by atoms with Gasteiger partial charge in [0.1, 0.15) is 0 Å². The maximum atomic E-state index is 11.5. The molecular weight excluding hydrogens is 250 g/mol. The normalized spacial score (nSPS) is 17.2. The van der Waals surface area contributed by atoms with Gasteiger partial charge in [0.2, 0.25) is 5.91 Å². The van der Waals surface area contributed by atoms with E-state index in [2.05, 4.69) is 30.1 Å². The molecule has 1 aromatic carbocycles. The number of anilines is 3. The van der Waals surface area contributed by atoms with Crippen molar-refractivity contribution in [3.8, 4) is 0 Å². The van der Waals surface area contributed by atoms with Crippen LogP contribution in [0.1, 0.15) is 38.7 Å². The van der Waals surface area contributed by atoms with Gasteiger partial charge in [-0.25, -0.2) is 0 Å². The fourth-order valence-electron chi connectivity index (χ4n) is 2.81. The molecule has 0 radical (unpaired) electrons. The van der Waals surface area contributed by atoms with E-state index >= 15 is 0 Å². The molecule has 0 bridgehead atoms. The molecule has 3 rings (SSSR count). The van der Waals surface area contributed by atoms with Gasteiger partial charge < -0.3 is 16.0 Å². The van der Waals surface area contributed by atoms with Crippen LogP contribution in [0.5, 0.6) is 0 Å². The number of benzene rings is 1. The molecule has 1 saturated carbocycles. The quantitative estimate of drug-likeness (QED) is 0.811. The monoisotopic (exact) mass is 273 g/mol. The number of carbonyl (C=O) groups excluding carboxylic acids is 1. The lowest BCUT2D eigenvalue weighted by atomic mass is 10.1. The standard InChI is InChI=1S/C16H23N3O/c1-10(2)5-6-19(12-3-4-12)15-9-14-11(7-13(15)17)8-16(20)18-14/h7,9-10,12H,3-6,8,17H2,1-2H3,(H,18,20). The highest BCUT2D eigenvalue weighted by molar-refractivity contribution is 6.01. The van der Waals surface area contributed by atoms with Crippen molar-refractivity contribution in [1.29, 1.82) is 0 Å². The zero-order valence-corrected chi connectivity index (χ0v) is 12.3. The van der Waals surface area contributed by atoms with Crippen molar-refractivity contribution >= 4 is 23.0 Å². The molecule has 1 amide bonds. The highest BCUT2D eigenvalue weighted by Crippen LogP contribution is 2.39. The number of hydrogen-bond donors (Lipinski definition) is 2. The molecule has 3 N–H and O–H groups in total. The largest absolute Gasteiger partial charge is 0.397 e. The summed E-state index contributed by atoms with van der Waals surface area (Å²) in [7, 11) is 0. The number of nitrogens with two attached hydrogens (primary N) is 1. The minimum atomic E-state index is 0.0664. The van der Waals surface area contributed by atoms with Gasteiger partial charge in [-0.05, 0) is 42.9 Å². The van der Waals surface area contributed by atoms with Crippen molar-refractivity contribution in [2.45, 2.75) is 45.6 Å². The van der Waals surface area contributed by atoms with Gasteiger partial charge in [0, 0.05) is 18.3 Å². The maximum absolute atomic E-state index is 11.5. The summed E-state index contributed by atoms with van der Waals surface area (Å²) in [4.78, 5) is 13.9. The topological polar surface area (TPSA) is 58.4 Å². The van der Waals surface area contributed by atoms with Gasteiger partial charge in [-0.15, -0.1) is 0 Å². The van der Waals surface area contributed by atoms with Crippen molar-refractivity contribution in [3.05, 3.63) is 17.7 Å². The van der Waals surface area contributed by atoms with Crippen molar-refractivity contribution in [3.63, 3.8) is 0 Å². The molecule has 0 spiro atoms. The third kappa shape index (κ3) is 2.60. The number of hydrogen-bond acceptors (Lipinski definition) is 3. The van der Waals surface area contributed by atoms with Crippen molar-refractivity contribution in [1.82, 2.24) is 0 Å². The summed E-state index contributed by atoms with van der Waals surface area (Å²) in [5, 5.41) is 2.92. The first-order chi connectivity index (χ1) is 9.54. The van der Waals surface area contributed by atoms with Crippen LogP contribution in [0, 0.1) is 5.92 Å². The van der Waals surface area contributed by atoms with E-state index in [0.717, 1.165) is 29.2 Å². The zero-order valence-electron chi connectivity index (χ0n) is 12.3. The molecular formula is C16H23N3O. The average molecular weight is 273 g/mol. The highest BCUT2D eigenvalue weighted by atomic mass is 16.1. The first-order valence-corrected chi connectivity index (χ1v) is 7.53. The Hall–Kier alpha value is -1.71. The molecule has 0 unspecified atom stereocenters. The molecule has 1 aromatic rings. The van der Waals surface area contributed by atoms with E-state index in [1.54, 1.807) is 0 Å². The van der Waals surface area contributed by atoms with E-state index in [1.165, 1.54) is 19.3 Å². The zero-order chi connectivity index (χ0) is 14.3. The van der Waals surface area contributed by atoms with Crippen LogP contribution in [-0.2, 0) is 11.2 Å². The molecule has 0 saturated heterocycles. The van der Waals surface area contributed by atoms with E-state index in [9.17, 15) is 4.79 Å². The summed E-state index contributed by atoms with van der Waals surface area (Å²) in [5.41, 5.74) is 10.1. The van der Waals surface area contributed by atoms with Gasteiger partial charge in [-0.1, -0.05) is 13.8 Å². The number of nitrogens with zero attached hydrogens (tertiary/aromatic N) is 1. The van der Waals surface area contributed by atoms with Crippen LogP contribution in [-0.4, -0.2) is 18.5 Å². The summed E-state index contributed by atoms with van der Waals surface area (Å²) < 4.78 is 0. The van der Waals surface area contributed by atoms with Crippen LogP contribution in [0.4, 0.5) is 17.1 Å². The van der Waals surface area contributed by atoms with Gasteiger partial charge in [0.15, 0.2) is 0 Å². The highest BCUT2D eigenvalue weighted by Gasteiger charge is 2.31. The molecule has 0 atom stereocenters. The van der Waals surface area contributed by atoms with Gasteiger partial charge in [0.05, 0.1) is 17.8 Å². The van der Waals surface area contributed by atoms with Crippen LogP contribution in [0.3, 0.4) is 0 Å². The van der Waals surface area contributed by atoms with Crippen LogP contribution in [0.15, 0.2) is 12.1 Å². The smallest absolute Gasteiger partial charge is 0.228 e. The third-order valence-electron chi connectivity index (χ3n) is 4.12. The minimum Gasteiger partial charge on any atom is -0.397 e. The van der Waals surface area contributed by atoms with Crippen LogP contribution >= 0.6 is 0 Å². The second-order valence-electron chi connectivity index (χ2n) is 6.40. The van der Waals surface area contributed by atoms with Crippen molar-refractivity contribution in [2.24, 2.45) is 5.92 Å². The molecule has 4 nitrogen and oxygen atoms in total. The van der Waals surface area contributed by atoms with E-state index in [4.69, 9.17) is 5.73 Å². The molecule has 108 valence electrons. The Morgan fingerprint density at radius 1 is 1.40 bits per heavy atom. The minimum absolute atomic E-state index is 0.0664. The van der Waals surface area contributed by atoms with Crippen LogP contribution in [0.25, 0.3) is 0 Å². The van der Waals surface area contributed by atoms with Crippen molar-refractivity contribution < 1.29 is 4.79 Å². The van der Waals surface area contributed by atoms with Crippen molar-refractivity contribution in [2.75, 3.05) is 22.5 Å². The van der Waals surface area contributed by atoms with Gasteiger partial charge >= 0.3 is 0 Å². The summed E-state index contributed by atoms with van der Waals surface area (Å²) in [5.74, 6) is 0.753.